The van der Waals surface area contributed by atoms with Crippen molar-refractivity contribution in [2.24, 2.45) is 0 Å². The Morgan fingerprint density at radius 3 is 2.72 bits per heavy atom. The van der Waals surface area contributed by atoms with Crippen LogP contribution in [0.25, 0.3) is 22.2 Å². The molecule has 0 radical (unpaired) electrons. The minimum Gasteiger partial charge on any atom is -0.481 e. The lowest BCUT2D eigenvalue weighted by Gasteiger charge is -2.18. The van der Waals surface area contributed by atoms with E-state index in [-0.39, 0.29) is 18.9 Å². The number of amides is 1. The van der Waals surface area contributed by atoms with E-state index in [1.807, 2.05) is 13.0 Å². The first kappa shape index (κ1) is 21.5. The van der Waals surface area contributed by atoms with Crippen molar-refractivity contribution < 1.29 is 28.6 Å². The standard InChI is InChI=1S/C22H23FN4O5/c1-4-27-18-8-12(7-16(23)15(18)10-24-27)17-6-5-14(20(25-17)31-2)13-9-19(21(28)32-3)26(11-13)22(29)30/h5-8,10,13,19H,4,9,11H2,1-3H3,(H,29,30). The van der Waals surface area contributed by atoms with Gasteiger partial charge in [0.1, 0.15) is 11.9 Å². The highest BCUT2D eigenvalue weighted by atomic mass is 19.1. The second-order valence-corrected chi connectivity index (χ2v) is 7.55. The molecule has 0 spiro atoms. The van der Waals surface area contributed by atoms with Gasteiger partial charge in [-0.25, -0.2) is 19.0 Å². The van der Waals surface area contributed by atoms with Crippen molar-refractivity contribution in [3.63, 3.8) is 0 Å². The number of fused-ring (bicyclic) bond motifs is 1. The van der Waals surface area contributed by atoms with Crippen LogP contribution in [-0.4, -0.2) is 63.6 Å². The number of ether oxygens (including phenoxy) is 2. The van der Waals surface area contributed by atoms with E-state index in [0.717, 1.165) is 4.90 Å². The van der Waals surface area contributed by atoms with Gasteiger partial charge in [0.25, 0.3) is 0 Å². The molecule has 1 fully saturated rings. The van der Waals surface area contributed by atoms with E-state index in [0.29, 0.717) is 40.1 Å². The summed E-state index contributed by atoms with van der Waals surface area (Å²) in [5, 5.41) is 14.1. The van der Waals surface area contributed by atoms with E-state index in [1.165, 1.54) is 26.5 Å². The number of methoxy groups -OCH3 is 2. The zero-order chi connectivity index (χ0) is 23.0. The monoisotopic (exact) mass is 442 g/mol. The number of esters is 1. The van der Waals surface area contributed by atoms with Crippen LogP contribution in [0.1, 0.15) is 24.8 Å². The fourth-order valence-corrected chi connectivity index (χ4v) is 4.25. The number of rotatable bonds is 5. The van der Waals surface area contributed by atoms with Crippen LogP contribution in [-0.2, 0) is 16.1 Å². The van der Waals surface area contributed by atoms with E-state index in [2.05, 4.69) is 10.1 Å². The summed E-state index contributed by atoms with van der Waals surface area (Å²) in [7, 11) is 2.69. The molecule has 9 nitrogen and oxygen atoms in total. The van der Waals surface area contributed by atoms with Crippen molar-refractivity contribution in [2.45, 2.75) is 31.8 Å². The number of carbonyl (C=O) groups excluding carboxylic acids is 1. The van der Waals surface area contributed by atoms with Gasteiger partial charge in [-0.2, -0.15) is 5.10 Å². The van der Waals surface area contributed by atoms with Crippen molar-refractivity contribution in [1.29, 1.82) is 0 Å². The SMILES string of the molecule is CCn1ncc2c(F)cc(-c3ccc(C4CC(C(=O)OC)N(C(=O)O)C4)c(OC)n3)cc21. The van der Waals surface area contributed by atoms with Gasteiger partial charge in [0.05, 0.1) is 37.0 Å². The second-order valence-electron chi connectivity index (χ2n) is 7.55. The van der Waals surface area contributed by atoms with Crippen LogP contribution in [0.4, 0.5) is 9.18 Å². The number of nitrogens with zero attached hydrogens (tertiary/aromatic N) is 4. The molecule has 4 rings (SSSR count). The molecular formula is C22H23FN4O5. The molecular weight excluding hydrogens is 419 g/mol. The van der Waals surface area contributed by atoms with Gasteiger partial charge in [-0.3, -0.25) is 9.58 Å². The van der Waals surface area contributed by atoms with Crippen LogP contribution in [0, 0.1) is 5.82 Å². The Bertz CT molecular complexity index is 1190. The van der Waals surface area contributed by atoms with Crippen LogP contribution >= 0.6 is 0 Å². The van der Waals surface area contributed by atoms with Crippen LogP contribution in [0.15, 0.2) is 30.5 Å². The number of hydrogen-bond donors (Lipinski definition) is 1. The zero-order valence-corrected chi connectivity index (χ0v) is 17.9. The fraction of sp³-hybridized carbons (Fsp3) is 0.364. The number of carbonyl (C=O) groups is 2. The van der Waals surface area contributed by atoms with Gasteiger partial charge in [-0.05, 0) is 31.5 Å². The van der Waals surface area contributed by atoms with Gasteiger partial charge < -0.3 is 14.6 Å². The molecule has 0 saturated carbocycles. The minimum absolute atomic E-state index is 0.114. The highest BCUT2D eigenvalue weighted by molar-refractivity contribution is 5.85. The summed E-state index contributed by atoms with van der Waals surface area (Å²) in [6.07, 6.45) is 0.566. The number of carboxylic acid groups (broad SMARTS) is 1. The molecule has 2 aromatic heterocycles. The summed E-state index contributed by atoms with van der Waals surface area (Å²) in [4.78, 5) is 29.3. The van der Waals surface area contributed by atoms with Crippen molar-refractivity contribution in [3.8, 4) is 17.1 Å². The highest BCUT2D eigenvalue weighted by Gasteiger charge is 2.42. The highest BCUT2D eigenvalue weighted by Crippen LogP contribution is 2.38. The number of likely N-dealkylation sites (tertiary alicyclic amines) is 1. The molecule has 1 aromatic carbocycles. The van der Waals surface area contributed by atoms with Crippen molar-refractivity contribution in [3.05, 3.63) is 41.8 Å². The van der Waals surface area contributed by atoms with Gasteiger partial charge in [-0.15, -0.1) is 0 Å². The molecule has 2 unspecified atom stereocenters. The third-order valence-electron chi connectivity index (χ3n) is 5.85. The maximum absolute atomic E-state index is 14.6. The summed E-state index contributed by atoms with van der Waals surface area (Å²) in [5.41, 5.74) is 2.42. The molecule has 3 heterocycles. The Kier molecular flexibility index (Phi) is 5.68. The van der Waals surface area contributed by atoms with E-state index < -0.39 is 23.9 Å². The number of hydrogen-bond acceptors (Lipinski definition) is 6. The normalized spacial score (nSPS) is 18.2. The summed E-state index contributed by atoms with van der Waals surface area (Å²) >= 11 is 0. The van der Waals surface area contributed by atoms with Crippen LogP contribution < -0.4 is 4.74 Å². The molecule has 32 heavy (non-hydrogen) atoms. The molecule has 1 saturated heterocycles. The molecule has 3 aromatic rings. The Hall–Kier alpha value is -3.69. The van der Waals surface area contributed by atoms with E-state index in [1.54, 1.807) is 16.8 Å². The van der Waals surface area contributed by atoms with E-state index in [9.17, 15) is 19.1 Å². The third kappa shape index (κ3) is 3.61. The number of halogens is 1. The number of aromatic nitrogens is 3. The predicted octanol–water partition coefficient (Wildman–Crippen LogP) is 3.27. The van der Waals surface area contributed by atoms with Gasteiger partial charge in [-0.1, -0.05) is 6.07 Å². The van der Waals surface area contributed by atoms with Gasteiger partial charge in [0.15, 0.2) is 0 Å². The van der Waals surface area contributed by atoms with Gasteiger partial charge >= 0.3 is 12.1 Å². The Morgan fingerprint density at radius 1 is 1.28 bits per heavy atom. The lowest BCUT2D eigenvalue weighted by atomic mass is 9.96. The Labute approximate surface area is 183 Å². The van der Waals surface area contributed by atoms with Crippen LogP contribution in [0.5, 0.6) is 5.88 Å². The average Bonchev–Trinajstić information content (AvgIpc) is 3.43. The summed E-state index contributed by atoms with van der Waals surface area (Å²) < 4.78 is 26.6. The lowest BCUT2D eigenvalue weighted by molar-refractivity contribution is -0.145. The zero-order valence-electron chi connectivity index (χ0n) is 17.9. The summed E-state index contributed by atoms with van der Waals surface area (Å²) in [5.74, 6) is -0.995. The Balaban J connectivity index is 1.71. The average molecular weight is 442 g/mol. The number of pyridine rings is 1. The first-order valence-corrected chi connectivity index (χ1v) is 10.2. The molecule has 168 valence electrons. The molecule has 10 heteroatoms. The maximum Gasteiger partial charge on any atom is 0.408 e. The third-order valence-corrected chi connectivity index (χ3v) is 5.85. The van der Waals surface area contributed by atoms with Gasteiger partial charge in [0, 0.05) is 30.1 Å². The van der Waals surface area contributed by atoms with Crippen LogP contribution in [0.3, 0.4) is 0 Å². The first-order valence-electron chi connectivity index (χ1n) is 10.2. The summed E-state index contributed by atoms with van der Waals surface area (Å²) in [6, 6.07) is 5.86. The first-order chi connectivity index (χ1) is 15.4. The predicted molar refractivity (Wildman–Crippen MR) is 113 cm³/mol. The quantitative estimate of drug-likeness (QED) is 0.605. The van der Waals surface area contributed by atoms with E-state index in [4.69, 9.17) is 9.47 Å². The maximum atomic E-state index is 14.6. The molecule has 2 atom stereocenters. The summed E-state index contributed by atoms with van der Waals surface area (Å²) in [6.45, 7) is 2.64. The largest absolute Gasteiger partial charge is 0.481 e. The molecule has 1 N–H and O–H groups in total. The second kappa shape index (κ2) is 8.45. The molecule has 1 amide bonds. The fourth-order valence-electron chi connectivity index (χ4n) is 4.25. The Morgan fingerprint density at radius 2 is 2.06 bits per heavy atom. The number of aryl methyl sites for hydroxylation is 1. The van der Waals surface area contributed by atoms with Crippen molar-refractivity contribution in [1.82, 2.24) is 19.7 Å². The lowest BCUT2D eigenvalue weighted by Crippen LogP contribution is -2.40. The van der Waals surface area contributed by atoms with Crippen molar-refractivity contribution in [2.75, 3.05) is 20.8 Å². The van der Waals surface area contributed by atoms with Crippen molar-refractivity contribution >= 4 is 23.0 Å². The van der Waals surface area contributed by atoms with Crippen LogP contribution in [0.2, 0.25) is 0 Å². The molecule has 1 aliphatic heterocycles. The molecule has 0 bridgehead atoms. The molecule has 0 aliphatic carbocycles. The topological polar surface area (TPSA) is 107 Å². The molecule has 1 aliphatic rings. The van der Waals surface area contributed by atoms with E-state index >= 15 is 0 Å². The minimum atomic E-state index is -1.19. The smallest absolute Gasteiger partial charge is 0.408 e. The van der Waals surface area contributed by atoms with Gasteiger partial charge in [0.2, 0.25) is 5.88 Å². The number of benzene rings is 1.